The second kappa shape index (κ2) is 5.58. The summed E-state index contributed by atoms with van der Waals surface area (Å²) >= 11 is 0. The fraction of sp³-hybridized carbons (Fsp3) is 0.0625. The zero-order valence-corrected chi connectivity index (χ0v) is 11.4. The monoisotopic (exact) mass is 279 g/mol. The minimum absolute atomic E-state index is 0.276. The van der Waals surface area contributed by atoms with Crippen molar-refractivity contribution >= 4 is 5.91 Å². The van der Waals surface area contributed by atoms with Crippen LogP contribution in [0.2, 0.25) is 0 Å². The summed E-state index contributed by atoms with van der Waals surface area (Å²) in [4.78, 5) is 16.6. The third-order valence-corrected chi connectivity index (χ3v) is 3.07. The minimum Gasteiger partial charge on any atom is -0.496 e. The van der Waals surface area contributed by atoms with E-state index in [4.69, 9.17) is 4.74 Å². The largest absolute Gasteiger partial charge is 0.496 e. The summed E-state index contributed by atoms with van der Waals surface area (Å²) in [5, 5.41) is 4.23. The van der Waals surface area contributed by atoms with E-state index in [0.29, 0.717) is 17.1 Å². The molecule has 3 rings (SSSR count). The molecular weight excluding hydrogens is 266 g/mol. The van der Waals surface area contributed by atoms with Crippen molar-refractivity contribution in [1.29, 1.82) is 0 Å². The van der Waals surface area contributed by atoms with Crippen LogP contribution in [0.3, 0.4) is 0 Å². The van der Waals surface area contributed by atoms with Crippen LogP contribution in [0.4, 0.5) is 0 Å². The van der Waals surface area contributed by atoms with E-state index in [1.165, 1.54) is 18.1 Å². The van der Waals surface area contributed by atoms with Crippen molar-refractivity contribution in [2.75, 3.05) is 7.11 Å². The molecule has 0 unspecified atom stereocenters. The third kappa shape index (κ3) is 2.53. The van der Waals surface area contributed by atoms with E-state index >= 15 is 0 Å². The molecule has 2 aromatic carbocycles. The maximum absolute atomic E-state index is 12.5. The van der Waals surface area contributed by atoms with Crippen molar-refractivity contribution < 1.29 is 9.53 Å². The number of rotatable bonds is 3. The second-order valence-electron chi connectivity index (χ2n) is 4.38. The van der Waals surface area contributed by atoms with Crippen LogP contribution in [-0.2, 0) is 0 Å². The van der Waals surface area contributed by atoms with Crippen molar-refractivity contribution in [2.45, 2.75) is 0 Å². The first-order valence-electron chi connectivity index (χ1n) is 6.44. The summed E-state index contributed by atoms with van der Waals surface area (Å²) in [6, 6.07) is 16.5. The zero-order valence-electron chi connectivity index (χ0n) is 11.4. The van der Waals surface area contributed by atoms with Crippen LogP contribution in [0, 0.1) is 0 Å². The Balaban J connectivity index is 1.95. The normalized spacial score (nSPS) is 10.3. The van der Waals surface area contributed by atoms with Crippen LogP contribution in [0.1, 0.15) is 10.4 Å². The Morgan fingerprint density at radius 1 is 1.05 bits per heavy atom. The van der Waals surface area contributed by atoms with Gasteiger partial charge in [-0.25, -0.2) is 4.98 Å². The van der Waals surface area contributed by atoms with Gasteiger partial charge in [0, 0.05) is 5.56 Å². The van der Waals surface area contributed by atoms with Gasteiger partial charge < -0.3 is 4.74 Å². The quantitative estimate of drug-likeness (QED) is 0.739. The SMILES string of the molecule is COc1ccccc1C(=O)n1cnc(-c2ccccc2)n1. The molecule has 104 valence electrons. The predicted octanol–water partition coefficient (Wildman–Crippen LogP) is 2.64. The number of ether oxygens (including phenoxy) is 1. The summed E-state index contributed by atoms with van der Waals surface area (Å²) < 4.78 is 6.42. The van der Waals surface area contributed by atoms with Gasteiger partial charge in [0.2, 0.25) is 0 Å². The number of para-hydroxylation sites is 1. The van der Waals surface area contributed by atoms with Crippen molar-refractivity contribution in [1.82, 2.24) is 14.8 Å². The maximum atomic E-state index is 12.5. The molecule has 0 aliphatic heterocycles. The van der Waals surface area contributed by atoms with Crippen LogP contribution >= 0.6 is 0 Å². The lowest BCUT2D eigenvalue weighted by molar-refractivity contribution is 0.0942. The average molecular weight is 279 g/mol. The Labute approximate surface area is 121 Å². The summed E-state index contributed by atoms with van der Waals surface area (Å²) in [5.41, 5.74) is 1.31. The number of carbonyl (C=O) groups excluding carboxylic acids is 1. The van der Waals surface area contributed by atoms with Crippen LogP contribution < -0.4 is 4.74 Å². The molecule has 0 saturated carbocycles. The lowest BCUT2D eigenvalue weighted by Crippen LogP contribution is -2.13. The van der Waals surface area contributed by atoms with Gasteiger partial charge in [-0.15, -0.1) is 5.10 Å². The van der Waals surface area contributed by atoms with E-state index in [-0.39, 0.29) is 5.91 Å². The first-order valence-corrected chi connectivity index (χ1v) is 6.44. The Morgan fingerprint density at radius 3 is 2.52 bits per heavy atom. The van der Waals surface area contributed by atoms with E-state index in [0.717, 1.165) is 5.56 Å². The van der Waals surface area contributed by atoms with Gasteiger partial charge in [0.1, 0.15) is 12.1 Å². The molecule has 0 fully saturated rings. The fourth-order valence-electron chi connectivity index (χ4n) is 2.03. The molecule has 0 N–H and O–H groups in total. The van der Waals surface area contributed by atoms with E-state index in [9.17, 15) is 4.79 Å². The van der Waals surface area contributed by atoms with E-state index in [2.05, 4.69) is 10.1 Å². The van der Waals surface area contributed by atoms with Gasteiger partial charge in [-0.2, -0.15) is 4.68 Å². The van der Waals surface area contributed by atoms with Gasteiger partial charge in [0.25, 0.3) is 5.91 Å². The molecule has 1 heterocycles. The number of carbonyl (C=O) groups is 1. The molecule has 5 heteroatoms. The van der Waals surface area contributed by atoms with Crippen LogP contribution in [0.25, 0.3) is 11.4 Å². The number of aromatic nitrogens is 3. The van der Waals surface area contributed by atoms with Gasteiger partial charge in [0.15, 0.2) is 5.82 Å². The summed E-state index contributed by atoms with van der Waals surface area (Å²) in [5.74, 6) is 0.750. The number of nitrogens with zero attached hydrogens (tertiary/aromatic N) is 3. The number of benzene rings is 2. The molecular formula is C16H13N3O2. The lowest BCUT2D eigenvalue weighted by atomic mass is 10.2. The smallest absolute Gasteiger partial charge is 0.283 e. The van der Waals surface area contributed by atoms with Gasteiger partial charge in [0.05, 0.1) is 12.7 Å². The van der Waals surface area contributed by atoms with Gasteiger partial charge in [-0.1, -0.05) is 42.5 Å². The molecule has 0 saturated heterocycles. The fourth-order valence-corrected chi connectivity index (χ4v) is 2.03. The Hall–Kier alpha value is -2.95. The first kappa shape index (κ1) is 13.1. The minimum atomic E-state index is -0.276. The summed E-state index contributed by atoms with van der Waals surface area (Å²) in [7, 11) is 1.53. The summed E-state index contributed by atoms with van der Waals surface area (Å²) in [6.07, 6.45) is 1.41. The van der Waals surface area contributed by atoms with Crippen LogP contribution in [-0.4, -0.2) is 27.8 Å². The third-order valence-electron chi connectivity index (χ3n) is 3.07. The maximum Gasteiger partial charge on any atom is 0.283 e. The number of hydrogen-bond acceptors (Lipinski definition) is 4. The summed E-state index contributed by atoms with van der Waals surface area (Å²) in [6.45, 7) is 0. The van der Waals surface area contributed by atoms with Gasteiger partial charge >= 0.3 is 0 Å². The predicted molar refractivity (Wildman–Crippen MR) is 78.2 cm³/mol. The molecule has 3 aromatic rings. The highest BCUT2D eigenvalue weighted by atomic mass is 16.5. The second-order valence-corrected chi connectivity index (χ2v) is 4.38. The van der Waals surface area contributed by atoms with Crippen LogP contribution in [0.5, 0.6) is 5.75 Å². The molecule has 5 nitrogen and oxygen atoms in total. The average Bonchev–Trinajstić information content (AvgIpc) is 3.05. The zero-order chi connectivity index (χ0) is 14.7. The van der Waals surface area contributed by atoms with Crippen molar-refractivity contribution in [2.24, 2.45) is 0 Å². The topological polar surface area (TPSA) is 57.0 Å². The highest BCUT2D eigenvalue weighted by Crippen LogP contribution is 2.19. The van der Waals surface area contributed by atoms with Crippen molar-refractivity contribution in [3.8, 4) is 17.1 Å². The molecule has 0 aliphatic rings. The number of hydrogen-bond donors (Lipinski definition) is 0. The Bertz CT molecular complexity index is 766. The van der Waals surface area contributed by atoms with Crippen molar-refractivity contribution in [3.05, 3.63) is 66.5 Å². The highest BCUT2D eigenvalue weighted by molar-refractivity contribution is 5.97. The molecule has 21 heavy (non-hydrogen) atoms. The first-order chi connectivity index (χ1) is 10.3. The number of methoxy groups -OCH3 is 1. The molecule has 0 bridgehead atoms. The highest BCUT2D eigenvalue weighted by Gasteiger charge is 2.15. The van der Waals surface area contributed by atoms with Gasteiger partial charge in [-0.3, -0.25) is 4.79 Å². The molecule has 0 aliphatic carbocycles. The molecule has 0 atom stereocenters. The molecule has 0 radical (unpaired) electrons. The van der Waals surface area contributed by atoms with E-state index < -0.39 is 0 Å². The van der Waals surface area contributed by atoms with E-state index in [1.54, 1.807) is 18.2 Å². The van der Waals surface area contributed by atoms with Crippen molar-refractivity contribution in [3.63, 3.8) is 0 Å². The van der Waals surface area contributed by atoms with Gasteiger partial charge in [-0.05, 0) is 12.1 Å². The molecule has 1 aromatic heterocycles. The van der Waals surface area contributed by atoms with E-state index in [1.807, 2.05) is 36.4 Å². The lowest BCUT2D eigenvalue weighted by Gasteiger charge is -2.06. The molecule has 0 amide bonds. The van der Waals surface area contributed by atoms with Crippen LogP contribution in [0.15, 0.2) is 60.9 Å². The standard InChI is InChI=1S/C16H13N3O2/c1-21-14-10-6-5-9-13(14)16(20)19-11-17-15(18-19)12-7-3-2-4-8-12/h2-11H,1H3. The Morgan fingerprint density at radius 2 is 1.76 bits per heavy atom. The molecule has 0 spiro atoms. The Kier molecular flexibility index (Phi) is 3.47.